The van der Waals surface area contributed by atoms with E-state index >= 15 is 0 Å². The number of hydrogen-bond donors (Lipinski definition) is 0. The molecule has 0 unspecified atom stereocenters. The summed E-state index contributed by atoms with van der Waals surface area (Å²) in [5.74, 6) is 0. The van der Waals surface area contributed by atoms with E-state index in [0.717, 1.165) is 52.1 Å². The van der Waals surface area contributed by atoms with Gasteiger partial charge < -0.3 is 9.47 Å². The summed E-state index contributed by atoms with van der Waals surface area (Å²) in [7, 11) is 0. The van der Waals surface area contributed by atoms with Crippen molar-refractivity contribution in [3.05, 3.63) is 0 Å². The van der Waals surface area contributed by atoms with Crippen molar-refractivity contribution in [2.45, 2.75) is 39.5 Å². The van der Waals surface area contributed by atoms with Crippen LogP contribution < -0.4 is 0 Å². The van der Waals surface area contributed by atoms with Crippen LogP contribution in [0.5, 0.6) is 0 Å². The quantitative estimate of drug-likeness (QED) is 0.500. The maximum atomic E-state index is 5.33. The Kier molecular flexibility index (Phi) is 10.8. The molecule has 0 heterocycles. The number of hydrogen-bond acceptors (Lipinski definition) is 2. The summed E-state index contributed by atoms with van der Waals surface area (Å²) in [6.07, 6.45) is 4.49. The van der Waals surface area contributed by atoms with Gasteiger partial charge in [-0.3, -0.25) is 0 Å². The molecule has 0 fully saturated rings. The Hall–Kier alpha value is -0.0800. The maximum absolute atomic E-state index is 5.33. The summed E-state index contributed by atoms with van der Waals surface area (Å²) in [6.45, 7) is 7.84. The van der Waals surface area contributed by atoms with Crippen LogP contribution in [-0.4, -0.2) is 26.4 Å². The molecule has 0 bridgehead atoms. The topological polar surface area (TPSA) is 18.5 Å². The molecule has 0 spiro atoms. The second-order valence-corrected chi connectivity index (χ2v) is 2.93. The van der Waals surface area contributed by atoms with Gasteiger partial charge >= 0.3 is 0 Å². The van der Waals surface area contributed by atoms with E-state index in [0.29, 0.717) is 0 Å². The molecule has 0 radical (unpaired) electrons. The van der Waals surface area contributed by atoms with Crippen molar-refractivity contribution in [3.63, 3.8) is 0 Å². The van der Waals surface area contributed by atoms with Gasteiger partial charge in [0.05, 0.1) is 0 Å². The molecule has 0 aliphatic carbocycles. The zero-order valence-corrected chi connectivity index (χ0v) is 8.47. The van der Waals surface area contributed by atoms with Crippen LogP contribution in [0.4, 0.5) is 0 Å². The smallest absolute Gasteiger partial charge is 0.0466 e. The van der Waals surface area contributed by atoms with Crippen molar-refractivity contribution < 1.29 is 9.47 Å². The second kappa shape index (κ2) is 10.9. The monoisotopic (exact) mass is 174 g/mol. The Morgan fingerprint density at radius 2 is 1.08 bits per heavy atom. The largest absolute Gasteiger partial charge is 0.381 e. The molecule has 0 saturated heterocycles. The zero-order valence-electron chi connectivity index (χ0n) is 8.47. The summed E-state index contributed by atoms with van der Waals surface area (Å²) in [6, 6.07) is 0. The lowest BCUT2D eigenvalue weighted by Crippen LogP contribution is -2.00. The summed E-state index contributed by atoms with van der Waals surface area (Å²) in [4.78, 5) is 0. The normalized spacial score (nSPS) is 10.5. The first-order valence-electron chi connectivity index (χ1n) is 5.07. The molecular weight excluding hydrogens is 152 g/mol. The molecule has 0 aromatic carbocycles. The summed E-state index contributed by atoms with van der Waals surface area (Å²) in [5, 5.41) is 0. The van der Waals surface area contributed by atoms with Gasteiger partial charge in [-0.1, -0.05) is 13.8 Å². The van der Waals surface area contributed by atoms with Crippen molar-refractivity contribution in [3.8, 4) is 0 Å². The van der Waals surface area contributed by atoms with E-state index in [-0.39, 0.29) is 0 Å². The number of rotatable bonds is 9. The third-order valence-electron chi connectivity index (χ3n) is 1.52. The highest BCUT2D eigenvalue weighted by atomic mass is 16.5. The average molecular weight is 174 g/mol. The van der Waals surface area contributed by atoms with Gasteiger partial charge in [-0.15, -0.1) is 0 Å². The van der Waals surface area contributed by atoms with Crippen LogP contribution in [0.15, 0.2) is 0 Å². The maximum Gasteiger partial charge on any atom is 0.0466 e. The van der Waals surface area contributed by atoms with E-state index < -0.39 is 0 Å². The lowest BCUT2D eigenvalue weighted by Gasteiger charge is -2.03. The van der Waals surface area contributed by atoms with Crippen LogP contribution in [0.1, 0.15) is 39.5 Å². The fourth-order valence-electron chi connectivity index (χ4n) is 0.901. The van der Waals surface area contributed by atoms with E-state index in [1.54, 1.807) is 0 Å². The zero-order chi connectivity index (χ0) is 9.07. The Labute approximate surface area is 76.3 Å². The van der Waals surface area contributed by atoms with Gasteiger partial charge in [0.15, 0.2) is 0 Å². The van der Waals surface area contributed by atoms with Crippen molar-refractivity contribution >= 4 is 0 Å². The molecule has 2 heteroatoms. The number of ether oxygens (including phenoxy) is 2. The number of unbranched alkanes of at least 4 members (excludes halogenated alkanes) is 1. The third-order valence-corrected chi connectivity index (χ3v) is 1.52. The van der Waals surface area contributed by atoms with Crippen molar-refractivity contribution in [1.29, 1.82) is 0 Å². The Morgan fingerprint density at radius 3 is 1.42 bits per heavy atom. The van der Waals surface area contributed by atoms with Crippen LogP contribution in [0.2, 0.25) is 0 Å². The fourth-order valence-corrected chi connectivity index (χ4v) is 0.901. The minimum Gasteiger partial charge on any atom is -0.381 e. The van der Waals surface area contributed by atoms with Gasteiger partial charge in [0, 0.05) is 26.4 Å². The first-order chi connectivity index (χ1) is 5.91. The minimum absolute atomic E-state index is 0.892. The first-order valence-corrected chi connectivity index (χ1v) is 5.07. The van der Waals surface area contributed by atoms with Crippen LogP contribution in [-0.2, 0) is 9.47 Å². The highest BCUT2D eigenvalue weighted by molar-refractivity contribution is 4.38. The first kappa shape index (κ1) is 11.9. The van der Waals surface area contributed by atoms with E-state index in [1.807, 2.05) is 0 Å². The molecule has 0 saturated carbocycles. The predicted molar refractivity (Wildman–Crippen MR) is 51.5 cm³/mol. The Balaban J connectivity index is 2.73. The molecule has 0 atom stereocenters. The lowest BCUT2D eigenvalue weighted by atomic mass is 10.3. The Morgan fingerprint density at radius 1 is 0.667 bits per heavy atom. The molecule has 0 amide bonds. The molecule has 0 aliphatic heterocycles. The van der Waals surface area contributed by atoms with E-state index in [9.17, 15) is 0 Å². The van der Waals surface area contributed by atoms with Crippen LogP contribution in [0.3, 0.4) is 0 Å². The summed E-state index contributed by atoms with van der Waals surface area (Å²) < 4.78 is 10.7. The Bertz CT molecular complexity index is 64.2. The van der Waals surface area contributed by atoms with Gasteiger partial charge in [0.1, 0.15) is 0 Å². The summed E-state index contributed by atoms with van der Waals surface area (Å²) in [5.41, 5.74) is 0. The molecule has 2 nitrogen and oxygen atoms in total. The average Bonchev–Trinajstić information content (AvgIpc) is 2.10. The standard InChI is InChI=1S/C10H22O2/c1-3-7-11-9-5-6-10-12-8-4-2/h3-10H2,1-2H3. The van der Waals surface area contributed by atoms with Gasteiger partial charge in [-0.05, 0) is 25.7 Å². The molecule has 0 aromatic heterocycles. The van der Waals surface area contributed by atoms with Crippen molar-refractivity contribution in [2.24, 2.45) is 0 Å². The fraction of sp³-hybridized carbons (Fsp3) is 1.00. The highest BCUT2D eigenvalue weighted by Gasteiger charge is 1.89. The van der Waals surface area contributed by atoms with Crippen molar-refractivity contribution in [1.82, 2.24) is 0 Å². The third kappa shape index (κ3) is 9.92. The molecular formula is C10H22O2. The minimum atomic E-state index is 0.892. The predicted octanol–water partition coefficient (Wildman–Crippen LogP) is 2.62. The van der Waals surface area contributed by atoms with Gasteiger partial charge in [-0.2, -0.15) is 0 Å². The molecule has 0 rings (SSSR count). The summed E-state index contributed by atoms with van der Waals surface area (Å²) >= 11 is 0. The lowest BCUT2D eigenvalue weighted by molar-refractivity contribution is 0.103. The van der Waals surface area contributed by atoms with Gasteiger partial charge in [0.2, 0.25) is 0 Å². The van der Waals surface area contributed by atoms with Crippen molar-refractivity contribution in [2.75, 3.05) is 26.4 Å². The van der Waals surface area contributed by atoms with Crippen LogP contribution >= 0.6 is 0 Å². The highest BCUT2D eigenvalue weighted by Crippen LogP contribution is 1.92. The van der Waals surface area contributed by atoms with Crippen LogP contribution in [0.25, 0.3) is 0 Å². The van der Waals surface area contributed by atoms with Crippen LogP contribution in [0, 0.1) is 0 Å². The van der Waals surface area contributed by atoms with E-state index in [2.05, 4.69) is 13.8 Å². The molecule has 74 valence electrons. The molecule has 0 aromatic rings. The van der Waals surface area contributed by atoms with E-state index in [1.165, 1.54) is 0 Å². The molecule has 12 heavy (non-hydrogen) atoms. The SMILES string of the molecule is CCCOCCCCOCCC. The molecule has 0 aliphatic rings. The van der Waals surface area contributed by atoms with E-state index in [4.69, 9.17) is 9.47 Å². The van der Waals surface area contributed by atoms with Gasteiger partial charge in [0.25, 0.3) is 0 Å². The molecule has 0 N–H and O–H groups in total. The van der Waals surface area contributed by atoms with Gasteiger partial charge in [-0.25, -0.2) is 0 Å². The second-order valence-electron chi connectivity index (χ2n) is 2.93.